The first-order chi connectivity index (χ1) is 16.3. The van der Waals surface area contributed by atoms with Crippen molar-refractivity contribution in [3.63, 3.8) is 0 Å². The number of carbonyl (C=O) groups is 2. The molecule has 0 radical (unpaired) electrons. The van der Waals surface area contributed by atoms with Crippen LogP contribution in [0.15, 0.2) is 55.3 Å². The molecule has 2 aromatic carbocycles. The Hall–Kier alpha value is -3.29. The summed E-state index contributed by atoms with van der Waals surface area (Å²) in [7, 11) is 1.81. The minimum atomic E-state index is -0.788. The van der Waals surface area contributed by atoms with Gasteiger partial charge in [0, 0.05) is 25.5 Å². The van der Waals surface area contributed by atoms with E-state index in [-0.39, 0.29) is 5.91 Å². The molecule has 1 saturated heterocycles. The molecule has 34 heavy (non-hydrogen) atoms. The second kappa shape index (κ2) is 8.18. The molecule has 2 heterocycles. The lowest BCUT2D eigenvalue weighted by molar-refractivity contribution is -0.140. The number of ether oxygens (including phenoxy) is 2. The number of carboxylic acid groups (broad SMARTS) is 1. The Morgan fingerprint density at radius 1 is 1.18 bits per heavy atom. The Bertz CT molecular complexity index is 1300. The topological polar surface area (TPSA) is 89.8 Å². The molecule has 8 heteroatoms. The van der Waals surface area contributed by atoms with Gasteiger partial charge in [-0.3, -0.25) is 9.59 Å². The highest BCUT2D eigenvalue weighted by Crippen LogP contribution is 2.48. The molecule has 176 valence electrons. The van der Waals surface area contributed by atoms with E-state index in [1.165, 1.54) is 6.26 Å². The molecule has 1 aliphatic carbocycles. The third-order valence-corrected chi connectivity index (χ3v) is 7.48. The van der Waals surface area contributed by atoms with Crippen LogP contribution >= 0.6 is 11.6 Å². The number of fused-ring (bicyclic) bond motifs is 1. The van der Waals surface area contributed by atoms with Crippen LogP contribution in [0.1, 0.15) is 40.9 Å². The van der Waals surface area contributed by atoms with Crippen LogP contribution in [0.3, 0.4) is 0 Å². The van der Waals surface area contributed by atoms with Crippen molar-refractivity contribution in [3.8, 4) is 5.75 Å². The summed E-state index contributed by atoms with van der Waals surface area (Å²) in [5, 5.41) is 13.9. The molecule has 1 saturated carbocycles. The van der Waals surface area contributed by atoms with Gasteiger partial charge in [0.15, 0.2) is 0 Å². The summed E-state index contributed by atoms with van der Waals surface area (Å²) in [6, 6.07) is 12.9. The van der Waals surface area contributed by atoms with Crippen LogP contribution in [0, 0.1) is 0 Å². The maximum absolute atomic E-state index is 13.5. The first kappa shape index (κ1) is 22.5. The van der Waals surface area contributed by atoms with Gasteiger partial charge in [0.25, 0.3) is 5.91 Å². The van der Waals surface area contributed by atoms with Crippen molar-refractivity contribution in [1.29, 1.82) is 0 Å². The lowest BCUT2D eigenvalue weighted by Gasteiger charge is -2.30. The van der Waals surface area contributed by atoms with Crippen LogP contribution in [0.4, 0.5) is 0 Å². The van der Waals surface area contributed by atoms with Gasteiger partial charge in [0.1, 0.15) is 11.4 Å². The molecule has 0 spiro atoms. The predicted molar refractivity (Wildman–Crippen MR) is 128 cm³/mol. The Kier molecular flexibility index (Phi) is 5.41. The molecule has 7 nitrogen and oxygen atoms in total. The number of aliphatic carboxylic acids is 1. The van der Waals surface area contributed by atoms with Gasteiger partial charge >= 0.3 is 5.97 Å². The largest absolute Gasteiger partial charge is 0.481 e. The average Bonchev–Trinajstić information content (AvgIpc) is 3.40. The number of carbonyl (C=O) groups excluding carboxylic acids is 1. The maximum Gasteiger partial charge on any atom is 0.314 e. The normalized spacial score (nSPS) is 20.8. The summed E-state index contributed by atoms with van der Waals surface area (Å²) < 4.78 is 12.8. The zero-order valence-corrected chi connectivity index (χ0v) is 19.5. The van der Waals surface area contributed by atoms with Gasteiger partial charge in [0.05, 0.1) is 34.4 Å². The van der Waals surface area contributed by atoms with Crippen LogP contribution < -0.4 is 10.1 Å². The van der Waals surface area contributed by atoms with Crippen molar-refractivity contribution in [1.82, 2.24) is 9.88 Å². The zero-order chi connectivity index (χ0) is 24.1. The molecule has 1 aromatic heterocycles. The highest BCUT2D eigenvalue weighted by atomic mass is 35.5. The molecule has 2 aliphatic rings. The van der Waals surface area contributed by atoms with Crippen LogP contribution in [0.5, 0.6) is 5.75 Å². The lowest BCUT2D eigenvalue weighted by Crippen LogP contribution is -2.47. The van der Waals surface area contributed by atoms with Crippen LogP contribution in [0.25, 0.3) is 10.9 Å². The first-order valence-electron chi connectivity index (χ1n) is 11.1. The Balaban J connectivity index is 1.46. The van der Waals surface area contributed by atoms with Crippen molar-refractivity contribution in [2.45, 2.75) is 30.2 Å². The molecule has 2 fully saturated rings. The second-order valence-electron chi connectivity index (χ2n) is 8.99. The first-order valence-corrected chi connectivity index (χ1v) is 11.5. The molecular formula is C26H25ClN2O5. The fraction of sp³-hybridized carbons (Fsp3) is 0.308. The monoisotopic (exact) mass is 480 g/mol. The standard InChI is InChI=1S/C26H25ClN2O5/c1-3-34-21-9-8-19-18(22(21)27)14-20(29(19)2)23(30)28-26(12-13-33-15-26)17-6-4-16(5-7-17)25(10-11-25)24(31)32/h3-9,14H,1,10-13,15H2,2H3,(H,28,30)(H,31,32). The fourth-order valence-corrected chi connectivity index (χ4v) is 5.12. The Morgan fingerprint density at radius 3 is 2.47 bits per heavy atom. The lowest BCUT2D eigenvalue weighted by atomic mass is 9.86. The summed E-state index contributed by atoms with van der Waals surface area (Å²) in [5.41, 5.74) is 1.48. The van der Waals surface area contributed by atoms with Gasteiger partial charge in [-0.25, -0.2) is 0 Å². The number of benzene rings is 2. The van der Waals surface area contributed by atoms with Gasteiger partial charge in [-0.15, -0.1) is 0 Å². The predicted octanol–water partition coefficient (Wildman–Crippen LogP) is 4.52. The fourth-order valence-electron chi connectivity index (χ4n) is 4.86. The molecular weight excluding hydrogens is 456 g/mol. The van der Waals surface area contributed by atoms with Gasteiger partial charge in [0.2, 0.25) is 0 Å². The number of aryl methyl sites for hydroxylation is 1. The zero-order valence-electron chi connectivity index (χ0n) is 18.8. The van der Waals surface area contributed by atoms with E-state index >= 15 is 0 Å². The number of nitrogens with one attached hydrogen (secondary N) is 1. The van der Waals surface area contributed by atoms with Gasteiger partial charge < -0.3 is 24.5 Å². The van der Waals surface area contributed by atoms with Crippen molar-refractivity contribution in [3.05, 3.63) is 77.1 Å². The van der Waals surface area contributed by atoms with Crippen LogP contribution in [-0.4, -0.2) is 34.8 Å². The highest BCUT2D eigenvalue weighted by Gasteiger charge is 2.52. The summed E-state index contributed by atoms with van der Waals surface area (Å²) in [6.07, 6.45) is 3.22. The number of aromatic nitrogens is 1. The Morgan fingerprint density at radius 2 is 1.88 bits per heavy atom. The smallest absolute Gasteiger partial charge is 0.314 e. The van der Waals surface area contributed by atoms with Crippen LogP contribution in [-0.2, 0) is 27.5 Å². The maximum atomic E-state index is 13.5. The number of hydrogen-bond donors (Lipinski definition) is 2. The third-order valence-electron chi connectivity index (χ3n) is 7.09. The van der Waals surface area contributed by atoms with Crippen molar-refractivity contribution < 1.29 is 24.2 Å². The minimum absolute atomic E-state index is 0.250. The molecule has 3 aromatic rings. The van der Waals surface area contributed by atoms with E-state index in [1.54, 1.807) is 16.7 Å². The van der Waals surface area contributed by atoms with Crippen LogP contribution in [0.2, 0.25) is 5.02 Å². The number of rotatable bonds is 7. The van der Waals surface area contributed by atoms with E-state index in [1.807, 2.05) is 37.4 Å². The summed E-state index contributed by atoms with van der Waals surface area (Å²) in [4.78, 5) is 25.1. The molecule has 5 rings (SSSR count). The number of amides is 1. The quantitative estimate of drug-likeness (QED) is 0.485. The molecule has 1 unspecified atom stereocenters. The van der Waals surface area contributed by atoms with E-state index in [4.69, 9.17) is 21.1 Å². The van der Waals surface area contributed by atoms with E-state index in [0.29, 0.717) is 54.3 Å². The second-order valence-corrected chi connectivity index (χ2v) is 9.36. The number of halogens is 1. The van der Waals surface area contributed by atoms with Crippen molar-refractivity contribution in [2.75, 3.05) is 13.2 Å². The molecule has 0 bridgehead atoms. The van der Waals surface area contributed by atoms with E-state index in [9.17, 15) is 14.7 Å². The molecule has 2 N–H and O–H groups in total. The summed E-state index contributed by atoms with van der Waals surface area (Å²) in [6.45, 7) is 4.42. The van der Waals surface area contributed by atoms with Crippen molar-refractivity contribution in [2.24, 2.45) is 7.05 Å². The van der Waals surface area contributed by atoms with Gasteiger partial charge in [-0.2, -0.15) is 0 Å². The Labute approximate surface area is 201 Å². The SMILES string of the molecule is C=COc1ccc2c(cc(C(=O)NC3(c4ccc(C5(C(=O)O)CC5)cc4)CCOC3)n2C)c1Cl. The molecule has 1 atom stereocenters. The molecule has 1 amide bonds. The van der Waals surface area contributed by atoms with E-state index < -0.39 is 16.9 Å². The average molecular weight is 481 g/mol. The minimum Gasteiger partial charge on any atom is -0.481 e. The highest BCUT2D eigenvalue weighted by molar-refractivity contribution is 6.37. The van der Waals surface area contributed by atoms with E-state index in [2.05, 4.69) is 11.9 Å². The number of hydrogen-bond acceptors (Lipinski definition) is 4. The van der Waals surface area contributed by atoms with Gasteiger partial charge in [-0.1, -0.05) is 42.4 Å². The number of nitrogens with zero attached hydrogens (tertiary/aromatic N) is 1. The van der Waals surface area contributed by atoms with Gasteiger partial charge in [-0.05, 0) is 42.2 Å². The molecule has 1 aliphatic heterocycles. The number of carboxylic acids is 1. The summed E-state index contributed by atoms with van der Waals surface area (Å²) >= 11 is 6.50. The van der Waals surface area contributed by atoms with E-state index in [0.717, 1.165) is 16.6 Å². The van der Waals surface area contributed by atoms with Crippen molar-refractivity contribution >= 4 is 34.4 Å². The third kappa shape index (κ3) is 3.47. The summed E-state index contributed by atoms with van der Waals surface area (Å²) in [5.74, 6) is -0.569.